The molecular weight excluding hydrogens is 521 g/mol. The van der Waals surface area contributed by atoms with Gasteiger partial charge in [0.05, 0.1) is 44.8 Å². The minimum Gasteiger partial charge on any atom is -0.383 e. The summed E-state index contributed by atoms with van der Waals surface area (Å²) in [5, 5.41) is 4.63. The molecular formula is C28H28F3N8O+. The number of benzene rings is 2. The molecule has 1 fully saturated rings. The first-order chi connectivity index (χ1) is 19.1. The fraction of sp³-hybridized carbons (Fsp3) is 0.286. The van der Waals surface area contributed by atoms with Gasteiger partial charge in [-0.25, -0.2) is 27.9 Å². The molecule has 40 heavy (non-hydrogen) atoms. The molecule has 2 aromatic carbocycles. The van der Waals surface area contributed by atoms with Crippen molar-refractivity contribution in [3.63, 3.8) is 0 Å². The normalized spacial score (nSPS) is 15.6. The highest BCUT2D eigenvalue weighted by Gasteiger charge is 2.29. The number of hydrogen-bond donors (Lipinski definition) is 1. The molecule has 0 aliphatic carbocycles. The van der Waals surface area contributed by atoms with Crippen LogP contribution in [-0.4, -0.2) is 60.6 Å². The van der Waals surface area contributed by atoms with Crippen LogP contribution < -0.4 is 11.4 Å². The van der Waals surface area contributed by atoms with Gasteiger partial charge in [0, 0.05) is 47.8 Å². The number of fused-ring (bicyclic) bond motifs is 1. The van der Waals surface area contributed by atoms with Crippen molar-refractivity contribution in [2.45, 2.75) is 25.4 Å². The van der Waals surface area contributed by atoms with Crippen molar-refractivity contribution in [3.05, 3.63) is 88.7 Å². The average molecular weight is 550 g/mol. The molecule has 6 rings (SSSR count). The Labute approximate surface area is 227 Å². The van der Waals surface area contributed by atoms with Crippen molar-refractivity contribution < 1.29 is 17.7 Å². The molecule has 0 saturated carbocycles. The summed E-state index contributed by atoms with van der Waals surface area (Å²) in [4.78, 5) is 21.6. The van der Waals surface area contributed by atoms with Crippen LogP contribution in [-0.2, 0) is 6.54 Å². The molecule has 0 atom stereocenters. The summed E-state index contributed by atoms with van der Waals surface area (Å²) in [6, 6.07) is 7.56. The minimum absolute atomic E-state index is 0.000138. The molecule has 0 bridgehead atoms. The first kappa shape index (κ1) is 25.8. The SMILES string of the molecule is C[N+]1(C)CCC(n2cc(-c3ccc(-n4ncn(Cc5cc(F)ccc5F)c4=O)cc3F)c3c(N)ncnc32)CC1. The van der Waals surface area contributed by atoms with Gasteiger partial charge in [0.25, 0.3) is 0 Å². The molecule has 0 amide bonds. The van der Waals surface area contributed by atoms with Gasteiger partial charge in [0.2, 0.25) is 0 Å². The zero-order valence-electron chi connectivity index (χ0n) is 22.1. The Morgan fingerprint density at radius 1 is 1.00 bits per heavy atom. The van der Waals surface area contributed by atoms with E-state index >= 15 is 4.39 Å². The lowest BCUT2D eigenvalue weighted by Gasteiger charge is -2.37. The monoisotopic (exact) mass is 549 g/mol. The fourth-order valence-electron chi connectivity index (χ4n) is 5.44. The second-order valence-electron chi connectivity index (χ2n) is 10.9. The van der Waals surface area contributed by atoms with Gasteiger partial charge >= 0.3 is 5.69 Å². The molecule has 0 spiro atoms. The number of aromatic nitrogens is 6. The van der Waals surface area contributed by atoms with Crippen molar-refractivity contribution >= 4 is 16.9 Å². The van der Waals surface area contributed by atoms with Crippen molar-refractivity contribution in [1.82, 2.24) is 28.9 Å². The fourth-order valence-corrected chi connectivity index (χ4v) is 5.44. The van der Waals surface area contributed by atoms with Crippen LogP contribution >= 0.6 is 0 Å². The van der Waals surface area contributed by atoms with Crippen LogP contribution in [0.15, 0.2) is 60.0 Å². The van der Waals surface area contributed by atoms with E-state index in [1.807, 2.05) is 6.20 Å². The number of likely N-dealkylation sites (tertiary alicyclic amines) is 1. The topological polar surface area (TPSA) is 96.5 Å². The Morgan fingerprint density at radius 3 is 2.52 bits per heavy atom. The van der Waals surface area contributed by atoms with Gasteiger partial charge in [-0.1, -0.05) is 0 Å². The zero-order valence-corrected chi connectivity index (χ0v) is 22.1. The summed E-state index contributed by atoms with van der Waals surface area (Å²) in [6.07, 6.45) is 6.41. The molecule has 3 aromatic heterocycles. The molecule has 1 saturated heterocycles. The van der Waals surface area contributed by atoms with Gasteiger partial charge < -0.3 is 14.8 Å². The highest BCUT2D eigenvalue weighted by atomic mass is 19.1. The summed E-state index contributed by atoms with van der Waals surface area (Å²) in [5.41, 5.74) is 7.33. The van der Waals surface area contributed by atoms with Crippen LogP contribution in [0.25, 0.3) is 27.8 Å². The van der Waals surface area contributed by atoms with E-state index in [1.54, 1.807) is 12.1 Å². The van der Waals surface area contributed by atoms with Gasteiger partial charge in [-0.2, -0.15) is 9.78 Å². The number of rotatable bonds is 5. The lowest BCUT2D eigenvalue weighted by atomic mass is 10.0. The Bertz CT molecular complexity index is 1800. The standard InChI is InChI=1S/C28H28F3N8O/c1-39(2)9-7-19(8-10-39)37-14-22(25-26(32)33-15-34-27(25)37)21-5-4-20(12-24(21)31)38-28(40)36(16-35-38)13-17-11-18(29)3-6-23(17)30/h3-6,11-12,14-16,19H,7-10,13H2,1-2H3,(H2,32,33,34)/q+1. The first-order valence-electron chi connectivity index (χ1n) is 12.9. The van der Waals surface area contributed by atoms with Gasteiger partial charge in [-0.05, 0) is 30.3 Å². The van der Waals surface area contributed by atoms with Gasteiger partial charge in [-0.15, -0.1) is 0 Å². The zero-order chi connectivity index (χ0) is 28.2. The smallest absolute Gasteiger partial charge is 0.350 e. The number of piperidine rings is 1. The van der Waals surface area contributed by atoms with Crippen LogP contribution in [0.2, 0.25) is 0 Å². The third kappa shape index (κ3) is 4.53. The highest BCUT2D eigenvalue weighted by Crippen LogP contribution is 2.38. The molecule has 2 N–H and O–H groups in total. The number of hydrogen-bond acceptors (Lipinski definition) is 5. The van der Waals surface area contributed by atoms with Crippen molar-refractivity contribution in [2.24, 2.45) is 0 Å². The number of halogens is 3. The molecule has 0 unspecified atom stereocenters. The van der Waals surface area contributed by atoms with Crippen LogP contribution in [0.4, 0.5) is 19.0 Å². The number of nitrogen functional groups attached to an aromatic ring is 1. The third-order valence-corrected chi connectivity index (χ3v) is 7.74. The van der Waals surface area contributed by atoms with Gasteiger partial charge in [-0.3, -0.25) is 4.57 Å². The molecule has 1 aliphatic heterocycles. The van der Waals surface area contributed by atoms with E-state index in [1.165, 1.54) is 18.7 Å². The molecule has 4 heterocycles. The molecule has 5 aromatic rings. The van der Waals surface area contributed by atoms with E-state index in [0.29, 0.717) is 16.6 Å². The number of nitrogens with zero attached hydrogens (tertiary/aromatic N) is 7. The first-order valence-corrected chi connectivity index (χ1v) is 12.9. The van der Waals surface area contributed by atoms with E-state index in [0.717, 1.165) is 57.9 Å². The summed E-state index contributed by atoms with van der Waals surface area (Å²) in [5.74, 6) is -1.59. The largest absolute Gasteiger partial charge is 0.383 e. The second kappa shape index (κ2) is 9.63. The Balaban J connectivity index is 1.36. The van der Waals surface area contributed by atoms with E-state index in [2.05, 4.69) is 33.7 Å². The summed E-state index contributed by atoms with van der Waals surface area (Å²) >= 11 is 0. The van der Waals surface area contributed by atoms with Crippen molar-refractivity contribution in [1.29, 1.82) is 0 Å². The molecule has 1 aliphatic rings. The maximum absolute atomic E-state index is 15.7. The highest BCUT2D eigenvalue weighted by molar-refractivity contribution is 6.00. The van der Waals surface area contributed by atoms with E-state index < -0.39 is 23.1 Å². The van der Waals surface area contributed by atoms with Crippen molar-refractivity contribution in [3.8, 4) is 16.8 Å². The molecule has 9 nitrogen and oxygen atoms in total. The molecule has 0 radical (unpaired) electrons. The maximum Gasteiger partial charge on any atom is 0.350 e. The summed E-state index contributed by atoms with van der Waals surface area (Å²) < 4.78 is 48.5. The molecule has 206 valence electrons. The van der Waals surface area contributed by atoms with Crippen LogP contribution in [0.5, 0.6) is 0 Å². The Hall–Kier alpha value is -4.45. The predicted octanol–water partition coefficient (Wildman–Crippen LogP) is 3.90. The average Bonchev–Trinajstić information content (AvgIpc) is 3.48. The van der Waals surface area contributed by atoms with Gasteiger partial charge in [0.1, 0.15) is 41.6 Å². The molecule has 12 heteroatoms. The van der Waals surface area contributed by atoms with Crippen LogP contribution in [0.1, 0.15) is 24.4 Å². The second-order valence-corrected chi connectivity index (χ2v) is 10.9. The van der Waals surface area contributed by atoms with Gasteiger partial charge in [0.15, 0.2) is 0 Å². The number of anilines is 1. The lowest BCUT2D eigenvalue weighted by molar-refractivity contribution is -0.895. The third-order valence-electron chi connectivity index (χ3n) is 7.74. The maximum atomic E-state index is 15.7. The summed E-state index contributed by atoms with van der Waals surface area (Å²) in [6.45, 7) is 1.80. The van der Waals surface area contributed by atoms with Crippen LogP contribution in [0, 0.1) is 17.5 Å². The van der Waals surface area contributed by atoms with E-state index in [-0.39, 0.29) is 35.2 Å². The Morgan fingerprint density at radius 2 is 1.77 bits per heavy atom. The lowest BCUT2D eigenvalue weighted by Crippen LogP contribution is -2.46. The predicted molar refractivity (Wildman–Crippen MR) is 144 cm³/mol. The Kier molecular flexibility index (Phi) is 6.21. The number of quaternary nitrogens is 1. The van der Waals surface area contributed by atoms with Crippen molar-refractivity contribution in [2.75, 3.05) is 32.9 Å². The van der Waals surface area contributed by atoms with E-state index in [4.69, 9.17) is 5.73 Å². The summed E-state index contributed by atoms with van der Waals surface area (Å²) in [7, 11) is 4.42. The van der Waals surface area contributed by atoms with E-state index in [9.17, 15) is 13.6 Å². The number of nitrogens with two attached hydrogens (primary N) is 1. The minimum atomic E-state index is -0.644. The quantitative estimate of drug-likeness (QED) is 0.336. The van der Waals surface area contributed by atoms with Crippen LogP contribution in [0.3, 0.4) is 0 Å².